The predicted molar refractivity (Wildman–Crippen MR) is 74.8 cm³/mol. The Bertz CT molecular complexity index is 213. The molecule has 1 atom stereocenters. The van der Waals surface area contributed by atoms with Gasteiger partial charge in [0.25, 0.3) is 0 Å². The molecule has 2 fully saturated rings. The Morgan fingerprint density at radius 2 is 2.24 bits per heavy atom. The molecule has 0 bridgehead atoms. The van der Waals surface area contributed by atoms with Gasteiger partial charge in [-0.05, 0) is 31.2 Å². The summed E-state index contributed by atoms with van der Waals surface area (Å²) in [5.74, 6) is 2.56. The number of hydrogen-bond acceptors (Lipinski definition) is 4. The van der Waals surface area contributed by atoms with Gasteiger partial charge in [0, 0.05) is 43.9 Å². The number of ether oxygens (including phenoxy) is 1. The summed E-state index contributed by atoms with van der Waals surface area (Å²) in [7, 11) is 0. The summed E-state index contributed by atoms with van der Waals surface area (Å²) in [6.07, 6.45) is 3.68. The Morgan fingerprint density at radius 3 is 2.94 bits per heavy atom. The Kier molecular flexibility index (Phi) is 5.60. The van der Waals surface area contributed by atoms with Crippen molar-refractivity contribution in [3.8, 4) is 0 Å². The minimum Gasteiger partial charge on any atom is -0.381 e. The van der Waals surface area contributed by atoms with Crippen LogP contribution in [0, 0.1) is 5.41 Å². The van der Waals surface area contributed by atoms with Crippen molar-refractivity contribution in [3.05, 3.63) is 0 Å². The average molecular weight is 258 g/mol. The summed E-state index contributed by atoms with van der Waals surface area (Å²) in [6.45, 7) is 7.75. The van der Waals surface area contributed by atoms with Crippen LogP contribution in [-0.4, -0.2) is 50.4 Å². The highest BCUT2D eigenvalue weighted by Gasteiger charge is 2.26. The lowest BCUT2D eigenvalue weighted by Crippen LogP contribution is -2.41. The molecule has 100 valence electrons. The third-order valence-electron chi connectivity index (χ3n) is 3.92. The van der Waals surface area contributed by atoms with Crippen molar-refractivity contribution in [3.63, 3.8) is 0 Å². The third-order valence-corrected chi connectivity index (χ3v) is 5.05. The molecule has 0 amide bonds. The molecule has 4 heteroatoms. The molecule has 1 unspecified atom stereocenters. The first-order valence-corrected chi connectivity index (χ1v) is 8.04. The molecule has 17 heavy (non-hydrogen) atoms. The fraction of sp³-hybridized carbons (Fsp3) is 1.00. The first-order chi connectivity index (χ1) is 8.29. The maximum atomic E-state index is 5.43. The molecule has 2 N–H and O–H groups in total. The van der Waals surface area contributed by atoms with Crippen LogP contribution in [0.4, 0.5) is 0 Å². The molecule has 0 aromatic carbocycles. The summed E-state index contributed by atoms with van der Waals surface area (Å²) >= 11 is 2.08. The normalized spacial score (nSPS) is 29.1. The molecule has 0 aromatic rings. The summed E-state index contributed by atoms with van der Waals surface area (Å²) in [5, 5.41) is 7.22. The fourth-order valence-corrected chi connectivity index (χ4v) is 3.51. The Morgan fingerprint density at radius 1 is 1.41 bits per heavy atom. The predicted octanol–water partition coefficient (Wildman–Crippen LogP) is 1.49. The van der Waals surface area contributed by atoms with Gasteiger partial charge in [0.2, 0.25) is 0 Å². The summed E-state index contributed by atoms with van der Waals surface area (Å²) in [4.78, 5) is 0. The average Bonchev–Trinajstić information content (AvgIpc) is 2.37. The van der Waals surface area contributed by atoms with E-state index in [1.807, 2.05) is 0 Å². The van der Waals surface area contributed by atoms with E-state index in [4.69, 9.17) is 4.74 Å². The quantitative estimate of drug-likeness (QED) is 0.732. The van der Waals surface area contributed by atoms with Crippen LogP contribution < -0.4 is 10.6 Å². The van der Waals surface area contributed by atoms with Crippen molar-refractivity contribution in [1.82, 2.24) is 10.6 Å². The van der Waals surface area contributed by atoms with Gasteiger partial charge < -0.3 is 15.4 Å². The van der Waals surface area contributed by atoms with E-state index in [1.54, 1.807) is 0 Å². The lowest BCUT2D eigenvalue weighted by atomic mass is 9.82. The van der Waals surface area contributed by atoms with Gasteiger partial charge in [-0.3, -0.25) is 0 Å². The van der Waals surface area contributed by atoms with E-state index < -0.39 is 0 Å². The largest absolute Gasteiger partial charge is 0.381 e. The lowest BCUT2D eigenvalue weighted by Gasteiger charge is -2.34. The van der Waals surface area contributed by atoms with Crippen molar-refractivity contribution in [1.29, 1.82) is 0 Å². The summed E-state index contributed by atoms with van der Waals surface area (Å²) in [6, 6.07) is 0.726. The minimum atomic E-state index is 0.465. The Balaban J connectivity index is 1.55. The van der Waals surface area contributed by atoms with E-state index in [0.717, 1.165) is 32.3 Å². The standard InChI is InChI=1S/C13H26N2OS/c1-13(3-7-16-8-4-13)11-14-5-2-12-10-17-9-6-15-12/h12,14-15H,2-11H2,1H3. The smallest absolute Gasteiger partial charge is 0.0471 e. The third kappa shape index (κ3) is 4.78. The van der Waals surface area contributed by atoms with E-state index in [0.29, 0.717) is 5.41 Å². The Labute approximate surface area is 109 Å². The van der Waals surface area contributed by atoms with Crippen LogP contribution in [0.15, 0.2) is 0 Å². The Hall–Kier alpha value is 0.230. The minimum absolute atomic E-state index is 0.465. The maximum Gasteiger partial charge on any atom is 0.0471 e. The van der Waals surface area contributed by atoms with Gasteiger partial charge in [-0.25, -0.2) is 0 Å². The van der Waals surface area contributed by atoms with Crippen LogP contribution in [0.1, 0.15) is 26.2 Å². The molecule has 2 aliphatic rings. The van der Waals surface area contributed by atoms with Crippen LogP contribution in [0.2, 0.25) is 0 Å². The van der Waals surface area contributed by atoms with Gasteiger partial charge in [-0.2, -0.15) is 11.8 Å². The second kappa shape index (κ2) is 6.98. The molecule has 2 rings (SSSR count). The molecule has 0 aliphatic carbocycles. The first-order valence-electron chi connectivity index (χ1n) is 6.88. The molecular formula is C13H26N2OS. The van der Waals surface area contributed by atoms with Crippen LogP contribution in [0.5, 0.6) is 0 Å². The van der Waals surface area contributed by atoms with E-state index >= 15 is 0 Å². The lowest BCUT2D eigenvalue weighted by molar-refractivity contribution is 0.0241. The van der Waals surface area contributed by atoms with Crippen molar-refractivity contribution in [2.75, 3.05) is 44.4 Å². The van der Waals surface area contributed by atoms with Gasteiger partial charge >= 0.3 is 0 Å². The van der Waals surface area contributed by atoms with E-state index in [1.165, 1.54) is 37.3 Å². The first kappa shape index (κ1) is 13.7. The molecule has 2 heterocycles. The number of nitrogens with one attached hydrogen (secondary N) is 2. The van der Waals surface area contributed by atoms with Crippen LogP contribution in [0.25, 0.3) is 0 Å². The van der Waals surface area contributed by atoms with Gasteiger partial charge in [0.05, 0.1) is 0 Å². The molecular weight excluding hydrogens is 232 g/mol. The van der Waals surface area contributed by atoms with E-state index in [-0.39, 0.29) is 0 Å². The highest BCUT2D eigenvalue weighted by atomic mass is 32.2. The molecule has 2 aliphatic heterocycles. The highest BCUT2D eigenvalue weighted by molar-refractivity contribution is 7.99. The molecule has 0 spiro atoms. The van der Waals surface area contributed by atoms with Crippen molar-refractivity contribution in [2.24, 2.45) is 5.41 Å². The SMILES string of the molecule is CC1(CNCCC2CSCCN2)CCOCC1. The fourth-order valence-electron chi connectivity index (χ4n) is 2.51. The maximum absolute atomic E-state index is 5.43. The molecule has 0 radical (unpaired) electrons. The number of thioether (sulfide) groups is 1. The monoisotopic (exact) mass is 258 g/mol. The molecule has 0 aromatic heterocycles. The zero-order valence-electron chi connectivity index (χ0n) is 11.0. The van der Waals surface area contributed by atoms with Crippen LogP contribution in [-0.2, 0) is 4.74 Å². The van der Waals surface area contributed by atoms with Crippen LogP contribution in [0.3, 0.4) is 0 Å². The zero-order valence-corrected chi connectivity index (χ0v) is 11.8. The van der Waals surface area contributed by atoms with Gasteiger partial charge in [0.15, 0.2) is 0 Å². The van der Waals surface area contributed by atoms with Gasteiger partial charge in [0.1, 0.15) is 0 Å². The number of rotatable bonds is 5. The van der Waals surface area contributed by atoms with Gasteiger partial charge in [-0.1, -0.05) is 6.92 Å². The second-order valence-corrected chi connectivity index (χ2v) is 6.76. The zero-order chi connectivity index (χ0) is 12.0. The second-order valence-electron chi connectivity index (χ2n) is 5.61. The van der Waals surface area contributed by atoms with Gasteiger partial charge in [-0.15, -0.1) is 0 Å². The van der Waals surface area contributed by atoms with Crippen molar-refractivity contribution in [2.45, 2.75) is 32.2 Å². The highest BCUT2D eigenvalue weighted by Crippen LogP contribution is 2.28. The van der Waals surface area contributed by atoms with Crippen LogP contribution >= 0.6 is 11.8 Å². The summed E-state index contributed by atoms with van der Waals surface area (Å²) < 4.78 is 5.43. The molecule has 0 saturated carbocycles. The van der Waals surface area contributed by atoms with Crippen molar-refractivity contribution < 1.29 is 4.74 Å². The topological polar surface area (TPSA) is 33.3 Å². The van der Waals surface area contributed by atoms with Crippen molar-refractivity contribution >= 4 is 11.8 Å². The molecule has 2 saturated heterocycles. The summed E-state index contributed by atoms with van der Waals surface area (Å²) in [5.41, 5.74) is 0.465. The number of hydrogen-bond donors (Lipinski definition) is 2. The van der Waals surface area contributed by atoms with E-state index in [9.17, 15) is 0 Å². The van der Waals surface area contributed by atoms with E-state index in [2.05, 4.69) is 29.3 Å². The molecule has 3 nitrogen and oxygen atoms in total.